The zero-order valence-electron chi connectivity index (χ0n) is 11.3. The Kier molecular flexibility index (Phi) is 3.88. The van der Waals surface area contributed by atoms with Crippen LogP contribution >= 0.6 is 0 Å². The summed E-state index contributed by atoms with van der Waals surface area (Å²) < 4.78 is 10.2. The van der Waals surface area contributed by atoms with E-state index < -0.39 is 17.4 Å². The first-order valence-electron chi connectivity index (χ1n) is 6.54. The van der Waals surface area contributed by atoms with Gasteiger partial charge in [0.2, 0.25) is 0 Å². The molecule has 4 heteroatoms. The largest absolute Gasteiger partial charge is 0.494 e. The summed E-state index contributed by atoms with van der Waals surface area (Å²) in [5.74, 6) is -0.161. The lowest BCUT2D eigenvalue weighted by Crippen LogP contribution is -2.27. The molecule has 1 aromatic rings. The number of benzene rings is 1. The molecule has 0 aliphatic carbocycles. The van der Waals surface area contributed by atoms with Crippen LogP contribution in [0.5, 0.6) is 5.75 Å². The minimum Gasteiger partial charge on any atom is -0.494 e. The first kappa shape index (κ1) is 13.6. The van der Waals surface area contributed by atoms with Crippen LogP contribution in [0.4, 0.5) is 0 Å². The fourth-order valence-corrected chi connectivity index (χ4v) is 2.09. The summed E-state index contributed by atoms with van der Waals surface area (Å²) in [6, 6.07) is 7.29. The average Bonchev–Trinajstić information content (AvgIpc) is 2.65. The smallest absolute Gasteiger partial charge is 0.324 e. The van der Waals surface area contributed by atoms with Gasteiger partial charge in [0, 0.05) is 0 Å². The summed E-state index contributed by atoms with van der Waals surface area (Å²) in [5, 5.41) is 0. The van der Waals surface area contributed by atoms with E-state index in [1.54, 1.807) is 6.92 Å². The zero-order valence-corrected chi connectivity index (χ0v) is 11.3. The third kappa shape index (κ3) is 2.78. The number of carbonyl (C=O) groups is 2. The Hall–Kier alpha value is -1.84. The molecule has 0 aromatic heterocycles. The van der Waals surface area contributed by atoms with Crippen LogP contribution in [0.1, 0.15) is 38.7 Å². The van der Waals surface area contributed by atoms with Gasteiger partial charge >= 0.3 is 11.9 Å². The average molecular weight is 262 g/mol. The van der Waals surface area contributed by atoms with Gasteiger partial charge in [0.05, 0.1) is 13.0 Å². The standard InChI is InChI=1S/C15H18O4/c1-3-4-9-18-12-7-5-11(6-8-12)15(2)10-13(16)19-14(15)17/h5-8H,3-4,9-10H2,1-2H3. The molecule has 4 nitrogen and oxygen atoms in total. The molecule has 1 unspecified atom stereocenters. The number of hydrogen-bond acceptors (Lipinski definition) is 4. The normalized spacial score (nSPS) is 22.4. The molecule has 0 spiro atoms. The molecule has 1 aromatic carbocycles. The van der Waals surface area contributed by atoms with Crippen LogP contribution in [0.3, 0.4) is 0 Å². The Bertz CT molecular complexity index is 477. The van der Waals surface area contributed by atoms with Gasteiger partial charge in [-0.15, -0.1) is 0 Å². The summed E-state index contributed by atoms with van der Waals surface area (Å²) in [5.41, 5.74) is -0.0786. The third-order valence-electron chi connectivity index (χ3n) is 3.41. The Morgan fingerprint density at radius 2 is 1.95 bits per heavy atom. The van der Waals surface area contributed by atoms with Gasteiger partial charge in [0.1, 0.15) is 11.2 Å². The molecule has 0 radical (unpaired) electrons. The van der Waals surface area contributed by atoms with Gasteiger partial charge in [-0.1, -0.05) is 25.5 Å². The molecule has 1 saturated heterocycles. The van der Waals surface area contributed by atoms with Gasteiger partial charge in [0.25, 0.3) is 0 Å². The van der Waals surface area contributed by atoms with Crippen molar-refractivity contribution in [2.75, 3.05) is 6.61 Å². The SMILES string of the molecule is CCCCOc1ccc(C2(C)CC(=O)OC2=O)cc1. The number of ether oxygens (including phenoxy) is 2. The van der Waals surface area contributed by atoms with Crippen molar-refractivity contribution in [2.45, 2.75) is 38.5 Å². The maximum Gasteiger partial charge on any atom is 0.324 e. The third-order valence-corrected chi connectivity index (χ3v) is 3.41. The van der Waals surface area contributed by atoms with Crippen LogP contribution in [0.2, 0.25) is 0 Å². The topological polar surface area (TPSA) is 52.6 Å². The molecule has 0 bridgehead atoms. The van der Waals surface area contributed by atoms with Crippen molar-refractivity contribution in [3.8, 4) is 5.75 Å². The predicted molar refractivity (Wildman–Crippen MR) is 69.9 cm³/mol. The molecule has 1 aliphatic heterocycles. The molecular formula is C15H18O4. The molecule has 1 atom stereocenters. The molecule has 0 amide bonds. The molecule has 0 N–H and O–H groups in total. The predicted octanol–water partition coefficient (Wildman–Crippen LogP) is 2.60. The lowest BCUT2D eigenvalue weighted by Gasteiger charge is -2.18. The van der Waals surface area contributed by atoms with E-state index in [1.807, 2.05) is 24.3 Å². The van der Waals surface area contributed by atoms with Crippen LogP contribution < -0.4 is 4.74 Å². The lowest BCUT2D eigenvalue weighted by atomic mass is 9.81. The second-order valence-electron chi connectivity index (χ2n) is 5.00. The Morgan fingerprint density at radius 1 is 1.26 bits per heavy atom. The van der Waals surface area contributed by atoms with Gasteiger partial charge in [-0.25, -0.2) is 0 Å². The van der Waals surface area contributed by atoms with E-state index >= 15 is 0 Å². The number of cyclic esters (lactones) is 2. The van der Waals surface area contributed by atoms with Crippen LogP contribution in [0.25, 0.3) is 0 Å². The highest BCUT2D eigenvalue weighted by Crippen LogP contribution is 2.35. The van der Waals surface area contributed by atoms with Gasteiger partial charge in [-0.05, 0) is 31.0 Å². The number of esters is 2. The fraction of sp³-hybridized carbons (Fsp3) is 0.467. The van der Waals surface area contributed by atoms with Gasteiger partial charge < -0.3 is 9.47 Å². The van der Waals surface area contributed by atoms with Crippen LogP contribution in [-0.2, 0) is 19.7 Å². The maximum atomic E-state index is 11.7. The lowest BCUT2D eigenvalue weighted by molar-refractivity contribution is -0.153. The molecule has 19 heavy (non-hydrogen) atoms. The van der Waals surface area contributed by atoms with Crippen molar-refractivity contribution in [1.82, 2.24) is 0 Å². The summed E-state index contributed by atoms with van der Waals surface area (Å²) in [4.78, 5) is 22.9. The first-order chi connectivity index (χ1) is 9.06. The van der Waals surface area contributed by atoms with Crippen LogP contribution in [-0.4, -0.2) is 18.5 Å². The van der Waals surface area contributed by atoms with Crippen molar-refractivity contribution in [3.05, 3.63) is 29.8 Å². The molecule has 1 heterocycles. The number of unbranched alkanes of at least 4 members (excludes halogenated alkanes) is 1. The quantitative estimate of drug-likeness (QED) is 0.465. The van der Waals surface area contributed by atoms with E-state index in [4.69, 9.17) is 4.74 Å². The second kappa shape index (κ2) is 5.43. The zero-order chi connectivity index (χ0) is 13.9. The number of rotatable bonds is 5. The highest BCUT2D eigenvalue weighted by Gasteiger charge is 2.46. The van der Waals surface area contributed by atoms with E-state index in [2.05, 4.69) is 11.7 Å². The van der Waals surface area contributed by atoms with E-state index in [0.29, 0.717) is 6.61 Å². The highest BCUT2D eigenvalue weighted by molar-refractivity contribution is 6.00. The number of carbonyl (C=O) groups excluding carboxylic acids is 2. The molecule has 102 valence electrons. The van der Waals surface area contributed by atoms with Crippen LogP contribution in [0.15, 0.2) is 24.3 Å². The first-order valence-corrected chi connectivity index (χ1v) is 6.54. The Morgan fingerprint density at radius 3 is 2.47 bits per heavy atom. The van der Waals surface area contributed by atoms with Gasteiger partial charge in [0.15, 0.2) is 0 Å². The minimum absolute atomic E-state index is 0.0991. The molecule has 1 aliphatic rings. The Balaban J connectivity index is 2.10. The fourth-order valence-electron chi connectivity index (χ4n) is 2.09. The maximum absolute atomic E-state index is 11.7. The van der Waals surface area contributed by atoms with E-state index in [1.165, 1.54) is 0 Å². The van der Waals surface area contributed by atoms with Gasteiger partial charge in [-0.2, -0.15) is 0 Å². The van der Waals surface area contributed by atoms with Crippen LogP contribution in [0, 0.1) is 0 Å². The van der Waals surface area contributed by atoms with Crippen molar-refractivity contribution in [3.63, 3.8) is 0 Å². The summed E-state index contributed by atoms with van der Waals surface area (Å²) in [6.45, 7) is 4.52. The van der Waals surface area contributed by atoms with Gasteiger partial charge in [-0.3, -0.25) is 9.59 Å². The number of hydrogen-bond donors (Lipinski definition) is 0. The van der Waals surface area contributed by atoms with Crippen molar-refractivity contribution in [2.24, 2.45) is 0 Å². The summed E-state index contributed by atoms with van der Waals surface area (Å²) in [7, 11) is 0. The second-order valence-corrected chi connectivity index (χ2v) is 5.00. The molecule has 1 fully saturated rings. The molecular weight excluding hydrogens is 244 g/mol. The van der Waals surface area contributed by atoms with E-state index in [9.17, 15) is 9.59 Å². The van der Waals surface area contributed by atoms with Crippen molar-refractivity contribution in [1.29, 1.82) is 0 Å². The Labute approximate surface area is 112 Å². The summed E-state index contributed by atoms with van der Waals surface area (Å²) in [6.07, 6.45) is 2.20. The van der Waals surface area contributed by atoms with Crippen molar-refractivity contribution >= 4 is 11.9 Å². The monoisotopic (exact) mass is 262 g/mol. The van der Waals surface area contributed by atoms with E-state index in [0.717, 1.165) is 24.2 Å². The highest BCUT2D eigenvalue weighted by atomic mass is 16.6. The minimum atomic E-state index is -0.862. The van der Waals surface area contributed by atoms with E-state index in [-0.39, 0.29) is 6.42 Å². The summed E-state index contributed by atoms with van der Waals surface area (Å²) >= 11 is 0. The molecule has 0 saturated carbocycles. The van der Waals surface area contributed by atoms with Crippen molar-refractivity contribution < 1.29 is 19.1 Å². The molecule has 2 rings (SSSR count).